The van der Waals surface area contributed by atoms with Crippen molar-refractivity contribution in [1.82, 2.24) is 0 Å². The van der Waals surface area contributed by atoms with Crippen LogP contribution in [-0.2, 0) is 6.42 Å². The summed E-state index contributed by atoms with van der Waals surface area (Å²) in [7, 11) is 0. The Morgan fingerprint density at radius 2 is 1.90 bits per heavy atom. The lowest BCUT2D eigenvalue weighted by Crippen LogP contribution is -2.02. The van der Waals surface area contributed by atoms with Crippen molar-refractivity contribution in [2.45, 2.75) is 6.42 Å². The predicted octanol–water partition coefficient (Wildman–Crippen LogP) is 3.93. The van der Waals surface area contributed by atoms with E-state index < -0.39 is 0 Å². The van der Waals surface area contributed by atoms with Gasteiger partial charge in [0.2, 0.25) is 0 Å². The number of benzene rings is 2. The van der Waals surface area contributed by atoms with E-state index in [1.54, 1.807) is 0 Å². The molecule has 2 aromatic carbocycles. The van der Waals surface area contributed by atoms with Gasteiger partial charge < -0.3 is 10.5 Å². The molecule has 2 N–H and O–H groups in total. The molecule has 104 valence electrons. The molecule has 0 aromatic heterocycles. The normalized spacial score (nSPS) is 10.9. The van der Waals surface area contributed by atoms with Gasteiger partial charge >= 0.3 is 0 Å². The highest BCUT2D eigenvalue weighted by Crippen LogP contribution is 2.25. The van der Waals surface area contributed by atoms with Gasteiger partial charge in [0.15, 0.2) is 0 Å². The minimum Gasteiger partial charge on any atom is -0.488 e. The molecule has 0 radical (unpaired) electrons. The van der Waals surface area contributed by atoms with Crippen LogP contribution in [0.2, 0.25) is 5.02 Å². The summed E-state index contributed by atoms with van der Waals surface area (Å²) in [5.41, 5.74) is 7.80. The molecule has 0 aliphatic rings. The van der Waals surface area contributed by atoms with Gasteiger partial charge in [-0.2, -0.15) is 0 Å². The second-order valence-corrected chi connectivity index (χ2v) is 4.83. The van der Waals surface area contributed by atoms with E-state index in [4.69, 9.17) is 22.1 Å². The maximum absolute atomic E-state index is 6.17. The molecule has 0 heterocycles. The molecule has 0 atom stereocenters. The standard InChI is InChI=1S/C17H18ClNO/c18-16-13-15(10-11-19)8-9-17(16)20-12-4-7-14-5-2-1-3-6-14/h1-9,13H,10-12,19H2. The Hall–Kier alpha value is -1.77. The number of rotatable bonds is 6. The van der Waals surface area contributed by atoms with Gasteiger partial charge in [-0.05, 0) is 42.3 Å². The van der Waals surface area contributed by atoms with Crippen molar-refractivity contribution in [3.63, 3.8) is 0 Å². The Bertz CT molecular complexity index is 566. The fourth-order valence-electron chi connectivity index (χ4n) is 1.87. The fraction of sp³-hybridized carbons (Fsp3) is 0.176. The molecule has 0 bridgehead atoms. The van der Waals surface area contributed by atoms with Crippen molar-refractivity contribution in [1.29, 1.82) is 0 Å². The van der Waals surface area contributed by atoms with Crippen molar-refractivity contribution >= 4 is 17.7 Å². The summed E-state index contributed by atoms with van der Waals surface area (Å²) in [4.78, 5) is 0. The van der Waals surface area contributed by atoms with Crippen LogP contribution < -0.4 is 10.5 Å². The van der Waals surface area contributed by atoms with Crippen LogP contribution in [0, 0.1) is 0 Å². The second-order valence-electron chi connectivity index (χ2n) is 4.43. The Labute approximate surface area is 124 Å². The summed E-state index contributed by atoms with van der Waals surface area (Å²) in [6.45, 7) is 1.11. The van der Waals surface area contributed by atoms with Gasteiger partial charge in [0.1, 0.15) is 12.4 Å². The van der Waals surface area contributed by atoms with Crippen molar-refractivity contribution in [3.8, 4) is 5.75 Å². The van der Waals surface area contributed by atoms with Crippen LogP contribution in [0.25, 0.3) is 6.08 Å². The minimum atomic E-state index is 0.491. The SMILES string of the molecule is NCCc1ccc(OCC=Cc2ccccc2)c(Cl)c1. The van der Waals surface area contributed by atoms with E-state index in [1.165, 1.54) is 0 Å². The highest BCUT2D eigenvalue weighted by molar-refractivity contribution is 6.32. The molecule has 3 heteroatoms. The van der Waals surface area contributed by atoms with Gasteiger partial charge in [-0.15, -0.1) is 0 Å². The molecule has 0 amide bonds. The van der Waals surface area contributed by atoms with Gasteiger partial charge in [0, 0.05) is 0 Å². The third-order valence-corrected chi connectivity index (χ3v) is 3.17. The molecule has 2 aromatic rings. The zero-order valence-corrected chi connectivity index (χ0v) is 12.0. The average molecular weight is 288 g/mol. The van der Waals surface area contributed by atoms with Gasteiger partial charge in [-0.25, -0.2) is 0 Å². The summed E-state index contributed by atoms with van der Waals surface area (Å²) < 4.78 is 5.64. The van der Waals surface area contributed by atoms with Crippen molar-refractivity contribution < 1.29 is 4.74 Å². The Morgan fingerprint density at radius 3 is 2.60 bits per heavy atom. The molecule has 0 fully saturated rings. The molecule has 0 aliphatic carbocycles. The first-order chi connectivity index (χ1) is 9.79. The molecule has 20 heavy (non-hydrogen) atoms. The van der Waals surface area contributed by atoms with E-state index in [1.807, 2.05) is 60.7 Å². The third-order valence-electron chi connectivity index (χ3n) is 2.87. The highest BCUT2D eigenvalue weighted by atomic mass is 35.5. The van der Waals surface area contributed by atoms with Crippen LogP contribution in [-0.4, -0.2) is 13.2 Å². The van der Waals surface area contributed by atoms with Crippen molar-refractivity contribution in [2.75, 3.05) is 13.2 Å². The predicted molar refractivity (Wildman–Crippen MR) is 85.2 cm³/mol. The average Bonchev–Trinajstić information content (AvgIpc) is 2.47. The van der Waals surface area contributed by atoms with Crippen LogP contribution in [0.5, 0.6) is 5.75 Å². The lowest BCUT2D eigenvalue weighted by molar-refractivity contribution is 0.363. The quantitative estimate of drug-likeness (QED) is 0.873. The number of nitrogens with two attached hydrogens (primary N) is 1. The van der Waals surface area contributed by atoms with E-state index in [0.717, 1.165) is 17.5 Å². The van der Waals surface area contributed by atoms with Crippen LogP contribution in [0.1, 0.15) is 11.1 Å². The van der Waals surface area contributed by atoms with E-state index in [-0.39, 0.29) is 0 Å². The minimum absolute atomic E-state index is 0.491. The molecule has 0 aliphatic heterocycles. The zero-order chi connectivity index (χ0) is 14.2. The van der Waals surface area contributed by atoms with Gasteiger partial charge in [0.05, 0.1) is 5.02 Å². The first-order valence-corrected chi connectivity index (χ1v) is 7.00. The van der Waals surface area contributed by atoms with E-state index in [0.29, 0.717) is 23.9 Å². The van der Waals surface area contributed by atoms with Gasteiger partial charge in [-0.3, -0.25) is 0 Å². The monoisotopic (exact) mass is 287 g/mol. The molecule has 0 spiro atoms. The number of hydrogen-bond donors (Lipinski definition) is 1. The maximum Gasteiger partial charge on any atom is 0.138 e. The van der Waals surface area contributed by atoms with E-state index in [2.05, 4.69) is 0 Å². The molecule has 2 rings (SSSR count). The molecule has 2 nitrogen and oxygen atoms in total. The summed E-state index contributed by atoms with van der Waals surface area (Å²) in [5, 5.41) is 0.629. The highest BCUT2D eigenvalue weighted by Gasteiger charge is 2.02. The Kier molecular flexibility index (Phi) is 5.66. The van der Waals surface area contributed by atoms with Gasteiger partial charge in [0.25, 0.3) is 0 Å². The lowest BCUT2D eigenvalue weighted by Gasteiger charge is -2.07. The molecular weight excluding hydrogens is 270 g/mol. The van der Waals surface area contributed by atoms with Crippen molar-refractivity contribution in [2.24, 2.45) is 5.73 Å². The molecule has 0 saturated heterocycles. The first-order valence-electron chi connectivity index (χ1n) is 6.62. The fourth-order valence-corrected chi connectivity index (χ4v) is 2.13. The van der Waals surface area contributed by atoms with Crippen LogP contribution in [0.3, 0.4) is 0 Å². The van der Waals surface area contributed by atoms with E-state index in [9.17, 15) is 0 Å². The molecule has 0 saturated carbocycles. The summed E-state index contributed by atoms with van der Waals surface area (Å²) in [6.07, 6.45) is 4.82. The number of ether oxygens (including phenoxy) is 1. The topological polar surface area (TPSA) is 35.2 Å². The second kappa shape index (κ2) is 7.73. The summed E-state index contributed by atoms with van der Waals surface area (Å²) in [6, 6.07) is 15.9. The molecule has 0 unspecified atom stereocenters. The Balaban J connectivity index is 1.89. The molecular formula is C17H18ClNO. The van der Waals surface area contributed by atoms with Gasteiger partial charge in [-0.1, -0.05) is 54.1 Å². The van der Waals surface area contributed by atoms with E-state index >= 15 is 0 Å². The smallest absolute Gasteiger partial charge is 0.138 e. The summed E-state index contributed by atoms with van der Waals surface area (Å²) >= 11 is 6.17. The van der Waals surface area contributed by atoms with Crippen molar-refractivity contribution in [3.05, 3.63) is 70.8 Å². The van der Waals surface area contributed by atoms with Crippen LogP contribution in [0.15, 0.2) is 54.6 Å². The first kappa shape index (κ1) is 14.6. The number of halogens is 1. The lowest BCUT2D eigenvalue weighted by atomic mass is 10.1. The largest absolute Gasteiger partial charge is 0.488 e. The zero-order valence-electron chi connectivity index (χ0n) is 11.3. The Morgan fingerprint density at radius 1 is 1.10 bits per heavy atom. The summed E-state index contributed by atoms with van der Waals surface area (Å²) in [5.74, 6) is 0.699. The number of hydrogen-bond acceptors (Lipinski definition) is 2. The maximum atomic E-state index is 6.17. The van der Waals surface area contributed by atoms with Crippen LogP contribution >= 0.6 is 11.6 Å². The van der Waals surface area contributed by atoms with Crippen LogP contribution in [0.4, 0.5) is 0 Å². The third kappa shape index (κ3) is 4.41.